The van der Waals surface area contributed by atoms with Gasteiger partial charge in [-0.1, -0.05) is 103 Å². The summed E-state index contributed by atoms with van der Waals surface area (Å²) in [6.45, 7) is 6.62. The Morgan fingerprint density at radius 1 is 0.914 bits per heavy atom. The highest BCUT2D eigenvalue weighted by Gasteiger charge is 2.42. The minimum atomic E-state index is -0.946. The lowest BCUT2D eigenvalue weighted by Gasteiger charge is -2.32. The number of rotatable bonds is 8. The molecule has 1 amide bonds. The molecule has 2 aliphatic rings. The topological polar surface area (TPSA) is 66.4 Å². The van der Waals surface area contributed by atoms with Crippen molar-refractivity contribution in [1.29, 1.82) is 0 Å². The van der Waals surface area contributed by atoms with Crippen molar-refractivity contribution in [2.24, 2.45) is 10.8 Å². The monoisotopic (exact) mass is 483 g/mol. The third-order valence-electron chi connectivity index (χ3n) is 8.50. The molecular weight excluding hydrogens is 434 g/mol. The van der Waals surface area contributed by atoms with Crippen molar-refractivity contribution in [3.63, 3.8) is 0 Å². The van der Waals surface area contributed by atoms with Crippen LogP contribution in [0.5, 0.6) is 0 Å². The van der Waals surface area contributed by atoms with Crippen LogP contribution in [0.4, 0.5) is 0 Å². The van der Waals surface area contributed by atoms with Crippen LogP contribution in [-0.2, 0) is 16.0 Å². The van der Waals surface area contributed by atoms with E-state index in [-0.39, 0.29) is 11.3 Å². The Morgan fingerprint density at radius 3 is 1.97 bits per heavy atom. The van der Waals surface area contributed by atoms with Gasteiger partial charge in [-0.2, -0.15) is 0 Å². The summed E-state index contributed by atoms with van der Waals surface area (Å²) in [4.78, 5) is 25.5. The van der Waals surface area contributed by atoms with Gasteiger partial charge in [0.15, 0.2) is 0 Å². The number of carboxylic acids is 1. The van der Waals surface area contributed by atoms with Gasteiger partial charge in [0.2, 0.25) is 5.91 Å². The average molecular weight is 484 g/mol. The number of nitrogens with one attached hydrogen (secondary N) is 1. The summed E-state index contributed by atoms with van der Waals surface area (Å²) in [7, 11) is 0. The van der Waals surface area contributed by atoms with Crippen LogP contribution >= 0.6 is 0 Å². The SMILES string of the molecule is CC(C)(C)CCC1(C(=O)N[C@@H](Cc2ccc(C3CCCCCCCCC3)cc2)C(=O)O)CCCC1. The summed E-state index contributed by atoms with van der Waals surface area (Å²) in [5, 5.41) is 12.9. The fourth-order valence-electron chi connectivity index (χ4n) is 6.07. The summed E-state index contributed by atoms with van der Waals surface area (Å²) in [5.74, 6) is -0.384. The average Bonchev–Trinajstić information content (AvgIpc) is 3.31. The van der Waals surface area contributed by atoms with Crippen molar-refractivity contribution < 1.29 is 14.7 Å². The number of carbonyl (C=O) groups excluding carboxylic acids is 1. The summed E-state index contributed by atoms with van der Waals surface area (Å²) >= 11 is 0. The highest BCUT2D eigenvalue weighted by Crippen LogP contribution is 2.44. The highest BCUT2D eigenvalue weighted by atomic mass is 16.4. The molecule has 2 saturated carbocycles. The van der Waals surface area contributed by atoms with Gasteiger partial charge < -0.3 is 10.4 Å². The molecule has 0 aromatic heterocycles. The second-order valence-corrected chi connectivity index (χ2v) is 12.6. The first kappa shape index (κ1) is 27.7. The smallest absolute Gasteiger partial charge is 0.326 e. The lowest BCUT2D eigenvalue weighted by molar-refractivity contribution is -0.144. The van der Waals surface area contributed by atoms with E-state index in [4.69, 9.17) is 0 Å². The number of amides is 1. The molecule has 0 radical (unpaired) electrons. The first-order chi connectivity index (χ1) is 16.7. The van der Waals surface area contributed by atoms with Gasteiger partial charge in [-0.05, 0) is 61.0 Å². The van der Waals surface area contributed by atoms with E-state index >= 15 is 0 Å². The van der Waals surface area contributed by atoms with Crippen LogP contribution in [0.1, 0.15) is 134 Å². The van der Waals surface area contributed by atoms with Crippen LogP contribution in [0.25, 0.3) is 0 Å². The van der Waals surface area contributed by atoms with Crippen molar-refractivity contribution in [1.82, 2.24) is 5.32 Å². The fourth-order valence-corrected chi connectivity index (χ4v) is 6.07. The first-order valence-corrected chi connectivity index (χ1v) is 14.3. The number of carboxylic acid groups (broad SMARTS) is 1. The molecule has 3 rings (SSSR count). The maximum absolute atomic E-state index is 13.4. The Hall–Kier alpha value is -1.84. The first-order valence-electron chi connectivity index (χ1n) is 14.3. The van der Waals surface area contributed by atoms with Gasteiger partial charge in [0.05, 0.1) is 0 Å². The van der Waals surface area contributed by atoms with Crippen LogP contribution in [0.3, 0.4) is 0 Å². The van der Waals surface area contributed by atoms with E-state index in [2.05, 4.69) is 50.4 Å². The maximum atomic E-state index is 13.4. The molecule has 196 valence electrons. The van der Waals surface area contributed by atoms with Crippen LogP contribution in [0.2, 0.25) is 0 Å². The number of hydrogen-bond donors (Lipinski definition) is 2. The van der Waals surface area contributed by atoms with Gasteiger partial charge in [-0.15, -0.1) is 0 Å². The largest absolute Gasteiger partial charge is 0.480 e. The Balaban J connectivity index is 1.63. The van der Waals surface area contributed by atoms with E-state index in [0.29, 0.717) is 12.3 Å². The molecule has 2 fully saturated rings. The number of carbonyl (C=O) groups is 2. The molecule has 2 aliphatic carbocycles. The van der Waals surface area contributed by atoms with Crippen molar-refractivity contribution in [3.8, 4) is 0 Å². The molecule has 1 aromatic rings. The molecular formula is C31H49NO3. The molecule has 0 heterocycles. The molecule has 35 heavy (non-hydrogen) atoms. The molecule has 0 unspecified atom stereocenters. The van der Waals surface area contributed by atoms with Crippen molar-refractivity contribution in [2.75, 3.05) is 0 Å². The van der Waals surface area contributed by atoms with E-state index in [1.165, 1.54) is 63.4 Å². The van der Waals surface area contributed by atoms with Crippen LogP contribution in [-0.4, -0.2) is 23.0 Å². The second kappa shape index (κ2) is 12.9. The van der Waals surface area contributed by atoms with Gasteiger partial charge in [0, 0.05) is 11.8 Å². The minimum Gasteiger partial charge on any atom is -0.480 e. The highest BCUT2D eigenvalue weighted by molar-refractivity contribution is 5.87. The summed E-state index contributed by atoms with van der Waals surface area (Å²) < 4.78 is 0. The van der Waals surface area contributed by atoms with E-state index in [9.17, 15) is 14.7 Å². The normalized spacial score (nSPS) is 20.8. The molecule has 0 bridgehead atoms. The van der Waals surface area contributed by atoms with Crippen LogP contribution in [0.15, 0.2) is 24.3 Å². The third kappa shape index (κ3) is 8.65. The Bertz CT molecular complexity index is 792. The third-order valence-corrected chi connectivity index (χ3v) is 8.50. The zero-order valence-electron chi connectivity index (χ0n) is 22.5. The Morgan fingerprint density at radius 2 is 1.46 bits per heavy atom. The standard InChI is InChI=1S/C31H49NO3/c1-30(2,3)21-22-31(19-11-12-20-31)29(35)32-27(28(33)34)23-24-15-17-26(18-16-24)25-13-9-7-5-4-6-8-10-14-25/h15-18,25,27H,4-14,19-23H2,1-3H3,(H,32,35)(H,33,34)/t27-/m0/s1. The molecule has 1 aromatic carbocycles. The van der Waals surface area contributed by atoms with Crippen molar-refractivity contribution >= 4 is 11.9 Å². The molecule has 4 heteroatoms. The van der Waals surface area contributed by atoms with E-state index < -0.39 is 17.4 Å². The molecule has 4 nitrogen and oxygen atoms in total. The number of hydrogen-bond acceptors (Lipinski definition) is 2. The van der Waals surface area contributed by atoms with E-state index in [0.717, 1.165) is 44.1 Å². The lowest BCUT2D eigenvalue weighted by Crippen LogP contribution is -2.49. The van der Waals surface area contributed by atoms with Gasteiger partial charge in [-0.3, -0.25) is 4.79 Å². The zero-order valence-corrected chi connectivity index (χ0v) is 22.5. The van der Waals surface area contributed by atoms with Gasteiger partial charge in [0.25, 0.3) is 0 Å². The molecule has 1 atom stereocenters. The predicted molar refractivity (Wildman–Crippen MR) is 144 cm³/mol. The Labute approximate surface area is 213 Å². The Kier molecular flexibility index (Phi) is 10.2. The molecule has 0 spiro atoms. The zero-order chi connectivity index (χ0) is 25.3. The van der Waals surface area contributed by atoms with Gasteiger partial charge in [-0.25, -0.2) is 4.79 Å². The number of aliphatic carboxylic acids is 1. The summed E-state index contributed by atoms with van der Waals surface area (Å²) in [6, 6.07) is 7.69. The fraction of sp³-hybridized carbons (Fsp3) is 0.742. The molecule has 0 saturated heterocycles. The maximum Gasteiger partial charge on any atom is 0.326 e. The van der Waals surface area contributed by atoms with Crippen molar-refractivity contribution in [2.45, 2.75) is 135 Å². The van der Waals surface area contributed by atoms with Gasteiger partial charge in [0.1, 0.15) is 6.04 Å². The van der Waals surface area contributed by atoms with Crippen LogP contribution < -0.4 is 5.32 Å². The molecule has 0 aliphatic heterocycles. The van der Waals surface area contributed by atoms with E-state index in [1.807, 2.05) is 0 Å². The van der Waals surface area contributed by atoms with E-state index in [1.54, 1.807) is 0 Å². The second-order valence-electron chi connectivity index (χ2n) is 12.6. The quantitative estimate of drug-likeness (QED) is 0.396. The summed E-state index contributed by atoms with van der Waals surface area (Å²) in [5.41, 5.74) is 2.13. The lowest BCUT2D eigenvalue weighted by atomic mass is 9.75. The minimum absolute atomic E-state index is 0.0511. The van der Waals surface area contributed by atoms with Crippen LogP contribution in [0, 0.1) is 10.8 Å². The predicted octanol–water partition coefficient (Wildman–Crippen LogP) is 7.79. The number of benzene rings is 1. The summed E-state index contributed by atoms with van der Waals surface area (Å²) in [6.07, 6.45) is 17.9. The molecule has 2 N–H and O–H groups in total. The van der Waals surface area contributed by atoms with Crippen molar-refractivity contribution in [3.05, 3.63) is 35.4 Å². The van der Waals surface area contributed by atoms with Gasteiger partial charge >= 0.3 is 5.97 Å².